The Labute approximate surface area is 112 Å². The zero-order valence-electron chi connectivity index (χ0n) is 9.62. The number of rotatable bonds is 4. The first-order chi connectivity index (χ1) is 8.99. The number of halogens is 2. The predicted molar refractivity (Wildman–Crippen MR) is 69.3 cm³/mol. The summed E-state index contributed by atoms with van der Waals surface area (Å²) in [6.07, 6.45) is 0. The van der Waals surface area contributed by atoms with Crippen LogP contribution < -0.4 is 0 Å². The maximum atomic E-state index is 14.0. The summed E-state index contributed by atoms with van der Waals surface area (Å²) in [5.41, 5.74) is -0.462. The number of hydrogen-bond acceptors (Lipinski definition) is 3. The fourth-order valence-corrected chi connectivity index (χ4v) is 2.32. The summed E-state index contributed by atoms with van der Waals surface area (Å²) in [5.74, 6) is 0. The Hall–Kier alpha value is -1.95. The molecule has 0 unspecified atom stereocenters. The molecule has 98 valence electrons. The van der Waals surface area contributed by atoms with E-state index in [1.54, 1.807) is 30.3 Å². The summed E-state index contributed by atoms with van der Waals surface area (Å²) < 4.78 is 27.9. The summed E-state index contributed by atoms with van der Waals surface area (Å²) in [6, 6.07) is 12.6. The van der Waals surface area contributed by atoms with Gasteiger partial charge in [-0.1, -0.05) is 18.2 Å². The summed E-state index contributed by atoms with van der Waals surface area (Å²) >= 11 is 0.410. The van der Waals surface area contributed by atoms with Crippen LogP contribution >= 0.6 is 11.8 Å². The Balaban J connectivity index is 2.21. The molecule has 0 heterocycles. The van der Waals surface area contributed by atoms with Crippen LogP contribution in [0.2, 0.25) is 0 Å². The van der Waals surface area contributed by atoms with Crippen LogP contribution in [-0.4, -0.2) is 4.92 Å². The van der Waals surface area contributed by atoms with Crippen molar-refractivity contribution in [3.05, 3.63) is 70.3 Å². The first kappa shape index (κ1) is 13.5. The van der Waals surface area contributed by atoms with Crippen LogP contribution in [0.15, 0.2) is 59.5 Å². The number of hydrogen-bond donors (Lipinski definition) is 0. The Morgan fingerprint density at radius 1 is 1.00 bits per heavy atom. The smallest absolute Gasteiger partial charge is 0.258 e. The zero-order chi connectivity index (χ0) is 13.9. The average Bonchev–Trinajstić information content (AvgIpc) is 2.39. The van der Waals surface area contributed by atoms with Crippen molar-refractivity contribution >= 4 is 17.4 Å². The van der Waals surface area contributed by atoms with Crippen molar-refractivity contribution in [3.8, 4) is 0 Å². The van der Waals surface area contributed by atoms with E-state index < -0.39 is 10.2 Å². The first-order valence-corrected chi connectivity index (χ1v) is 6.17. The third kappa shape index (κ3) is 3.29. The van der Waals surface area contributed by atoms with Gasteiger partial charge in [0, 0.05) is 22.6 Å². The van der Waals surface area contributed by atoms with E-state index in [0.717, 1.165) is 24.3 Å². The molecule has 0 spiro atoms. The number of alkyl halides is 2. The second kappa shape index (κ2) is 5.36. The van der Waals surface area contributed by atoms with Crippen LogP contribution in [0.25, 0.3) is 0 Å². The second-order valence-corrected chi connectivity index (χ2v) is 4.92. The van der Waals surface area contributed by atoms with Gasteiger partial charge in [0.2, 0.25) is 0 Å². The predicted octanol–water partition coefficient (Wildman–Crippen LogP) is 4.44. The van der Waals surface area contributed by atoms with Crippen molar-refractivity contribution in [2.24, 2.45) is 0 Å². The van der Waals surface area contributed by atoms with E-state index in [1.807, 2.05) is 0 Å². The molecule has 19 heavy (non-hydrogen) atoms. The van der Waals surface area contributed by atoms with Gasteiger partial charge in [0.25, 0.3) is 5.69 Å². The quantitative estimate of drug-likeness (QED) is 0.473. The van der Waals surface area contributed by atoms with Crippen molar-refractivity contribution in [1.82, 2.24) is 0 Å². The van der Waals surface area contributed by atoms with Crippen LogP contribution in [0.3, 0.4) is 0 Å². The van der Waals surface area contributed by atoms with Crippen molar-refractivity contribution in [2.45, 2.75) is 10.2 Å². The Bertz CT molecular complexity index is 573. The third-order valence-corrected chi connectivity index (χ3v) is 3.40. The van der Waals surface area contributed by atoms with Gasteiger partial charge in [-0.25, -0.2) is 0 Å². The molecule has 0 N–H and O–H groups in total. The number of nitro benzene ring substituents is 1. The number of thioether (sulfide) groups is 1. The molecule has 2 aromatic carbocycles. The molecule has 0 aliphatic rings. The molecular weight excluding hydrogens is 272 g/mol. The summed E-state index contributed by atoms with van der Waals surface area (Å²) in [7, 11) is 0. The Morgan fingerprint density at radius 2 is 1.58 bits per heavy atom. The molecule has 0 bridgehead atoms. The standard InChI is InChI=1S/C13H9F2NO2S/c14-13(15,19-12-4-2-1-3-5-12)10-6-8-11(9-7-10)16(17)18/h1-9H. The summed E-state index contributed by atoms with van der Waals surface area (Å²) in [4.78, 5) is 10.3. The molecule has 0 amide bonds. The molecule has 2 rings (SSSR count). The molecule has 0 aromatic heterocycles. The fraction of sp³-hybridized carbons (Fsp3) is 0.0769. The molecule has 0 atom stereocenters. The second-order valence-electron chi connectivity index (χ2n) is 3.74. The van der Waals surface area contributed by atoms with Gasteiger partial charge in [0.05, 0.1) is 4.92 Å². The number of non-ortho nitro benzene ring substituents is 1. The van der Waals surface area contributed by atoms with Gasteiger partial charge in [-0.15, -0.1) is 0 Å². The molecule has 3 nitrogen and oxygen atoms in total. The van der Waals surface area contributed by atoms with Gasteiger partial charge in [0.1, 0.15) is 0 Å². The van der Waals surface area contributed by atoms with E-state index in [2.05, 4.69) is 0 Å². The van der Waals surface area contributed by atoms with E-state index in [0.29, 0.717) is 16.7 Å². The van der Waals surface area contributed by atoms with E-state index in [4.69, 9.17) is 0 Å². The van der Waals surface area contributed by atoms with Crippen LogP contribution in [0.1, 0.15) is 5.56 Å². The number of benzene rings is 2. The normalized spacial score (nSPS) is 11.3. The molecule has 0 aliphatic heterocycles. The minimum atomic E-state index is -3.13. The van der Waals surface area contributed by atoms with Crippen molar-refractivity contribution in [2.75, 3.05) is 0 Å². The van der Waals surface area contributed by atoms with Gasteiger partial charge < -0.3 is 0 Å². The van der Waals surface area contributed by atoms with Crippen molar-refractivity contribution in [1.29, 1.82) is 0 Å². The molecule has 2 aromatic rings. The third-order valence-electron chi connectivity index (χ3n) is 2.40. The van der Waals surface area contributed by atoms with Gasteiger partial charge in [-0.05, 0) is 36.0 Å². The van der Waals surface area contributed by atoms with Crippen LogP contribution in [0, 0.1) is 10.1 Å². The number of nitrogens with zero attached hydrogens (tertiary/aromatic N) is 1. The lowest BCUT2D eigenvalue weighted by atomic mass is 10.2. The highest BCUT2D eigenvalue weighted by Crippen LogP contribution is 2.44. The summed E-state index contributed by atoms with van der Waals surface area (Å²) in [6.45, 7) is 0. The monoisotopic (exact) mass is 281 g/mol. The van der Waals surface area contributed by atoms with E-state index in [1.165, 1.54) is 0 Å². The summed E-state index contributed by atoms with van der Waals surface area (Å²) in [5, 5.41) is 7.34. The number of nitro groups is 1. The molecule has 0 saturated carbocycles. The van der Waals surface area contributed by atoms with Gasteiger partial charge in [-0.3, -0.25) is 10.1 Å². The SMILES string of the molecule is O=[N+]([O-])c1ccc(C(F)(F)Sc2ccccc2)cc1. The van der Waals surface area contributed by atoms with E-state index in [-0.39, 0.29) is 11.3 Å². The average molecular weight is 281 g/mol. The molecule has 0 fully saturated rings. The minimum Gasteiger partial charge on any atom is -0.258 e. The molecule has 0 radical (unpaired) electrons. The van der Waals surface area contributed by atoms with Gasteiger partial charge in [-0.2, -0.15) is 8.78 Å². The van der Waals surface area contributed by atoms with Crippen LogP contribution in [0.5, 0.6) is 0 Å². The first-order valence-electron chi connectivity index (χ1n) is 5.36. The lowest BCUT2D eigenvalue weighted by molar-refractivity contribution is -0.384. The van der Waals surface area contributed by atoms with E-state index in [9.17, 15) is 18.9 Å². The van der Waals surface area contributed by atoms with Gasteiger partial charge in [0.15, 0.2) is 0 Å². The highest BCUT2D eigenvalue weighted by atomic mass is 32.2. The Morgan fingerprint density at radius 3 is 2.11 bits per heavy atom. The minimum absolute atomic E-state index is 0.204. The van der Waals surface area contributed by atoms with Gasteiger partial charge >= 0.3 is 5.25 Å². The lowest BCUT2D eigenvalue weighted by Gasteiger charge is -2.15. The highest BCUT2D eigenvalue weighted by Gasteiger charge is 2.33. The van der Waals surface area contributed by atoms with Crippen LogP contribution in [0.4, 0.5) is 14.5 Å². The molecule has 0 saturated heterocycles. The molecule has 0 aliphatic carbocycles. The molecule has 6 heteroatoms. The zero-order valence-corrected chi connectivity index (χ0v) is 10.4. The lowest BCUT2D eigenvalue weighted by Crippen LogP contribution is -2.07. The Kier molecular flexibility index (Phi) is 3.80. The molecular formula is C13H9F2NO2S. The topological polar surface area (TPSA) is 43.1 Å². The van der Waals surface area contributed by atoms with Crippen molar-refractivity contribution in [3.63, 3.8) is 0 Å². The maximum absolute atomic E-state index is 14.0. The maximum Gasteiger partial charge on any atom is 0.323 e. The van der Waals surface area contributed by atoms with Crippen molar-refractivity contribution < 1.29 is 13.7 Å². The van der Waals surface area contributed by atoms with E-state index >= 15 is 0 Å². The fourth-order valence-electron chi connectivity index (χ4n) is 1.47. The highest BCUT2D eigenvalue weighted by molar-refractivity contribution is 8.00. The largest absolute Gasteiger partial charge is 0.323 e. The van der Waals surface area contributed by atoms with Crippen LogP contribution in [-0.2, 0) is 5.25 Å².